The van der Waals surface area contributed by atoms with Crippen molar-refractivity contribution >= 4 is 29.8 Å². The first kappa shape index (κ1) is 26.1. The monoisotopic (exact) mass is 518 g/mol. The van der Waals surface area contributed by atoms with E-state index < -0.39 is 18.0 Å². The van der Waals surface area contributed by atoms with Crippen molar-refractivity contribution in [2.45, 2.75) is 12.5 Å². The maximum Gasteiger partial charge on any atom is 0.337 e. The maximum absolute atomic E-state index is 13.1. The van der Waals surface area contributed by atoms with Crippen LogP contribution in [0.4, 0.5) is 9.59 Å². The molecule has 0 unspecified atom stereocenters. The number of hydrogen-bond donors (Lipinski definition) is 2. The van der Waals surface area contributed by atoms with Crippen LogP contribution in [0.2, 0.25) is 0 Å². The van der Waals surface area contributed by atoms with Crippen LogP contribution in [0.15, 0.2) is 78.9 Å². The SMILES string of the molecule is CSCCN(NC(=O)N(CC(=O)OCC1c2ccccc2-c2ccccc21)Cc1ccccc1)C(N)=O. The van der Waals surface area contributed by atoms with Gasteiger partial charge in [0.1, 0.15) is 13.2 Å². The van der Waals surface area contributed by atoms with Gasteiger partial charge in [-0.3, -0.25) is 4.79 Å². The van der Waals surface area contributed by atoms with Crippen LogP contribution >= 0.6 is 11.8 Å². The lowest BCUT2D eigenvalue weighted by Crippen LogP contribution is -2.54. The Balaban J connectivity index is 1.45. The van der Waals surface area contributed by atoms with Crippen molar-refractivity contribution < 1.29 is 19.1 Å². The zero-order chi connectivity index (χ0) is 26.2. The zero-order valence-electron chi connectivity index (χ0n) is 20.6. The van der Waals surface area contributed by atoms with Crippen molar-refractivity contribution in [3.8, 4) is 11.1 Å². The fourth-order valence-corrected chi connectivity index (χ4v) is 4.78. The Hall–Kier alpha value is -3.98. The summed E-state index contributed by atoms with van der Waals surface area (Å²) in [7, 11) is 0. The molecule has 0 heterocycles. The lowest BCUT2D eigenvalue weighted by atomic mass is 9.98. The molecule has 0 bridgehead atoms. The van der Waals surface area contributed by atoms with Crippen molar-refractivity contribution in [2.24, 2.45) is 5.73 Å². The van der Waals surface area contributed by atoms with E-state index in [9.17, 15) is 14.4 Å². The zero-order valence-corrected chi connectivity index (χ0v) is 21.4. The number of rotatable bonds is 9. The fraction of sp³-hybridized carbons (Fsp3) is 0.250. The normalized spacial score (nSPS) is 11.8. The van der Waals surface area contributed by atoms with E-state index in [1.54, 1.807) is 0 Å². The Bertz CT molecular complexity index is 1210. The number of esters is 1. The molecular weight excluding hydrogens is 488 g/mol. The molecule has 0 saturated carbocycles. The second-order valence-corrected chi connectivity index (χ2v) is 9.64. The lowest BCUT2D eigenvalue weighted by Gasteiger charge is -2.27. The van der Waals surface area contributed by atoms with E-state index in [1.165, 1.54) is 16.7 Å². The number of carbonyl (C=O) groups excluding carboxylic acids is 3. The molecule has 4 amide bonds. The van der Waals surface area contributed by atoms with Crippen molar-refractivity contribution in [2.75, 3.05) is 31.7 Å². The number of nitrogens with one attached hydrogen (secondary N) is 1. The molecule has 3 N–H and O–H groups in total. The van der Waals surface area contributed by atoms with Gasteiger partial charge in [-0.25, -0.2) is 20.0 Å². The van der Waals surface area contributed by atoms with E-state index in [2.05, 4.69) is 29.7 Å². The minimum Gasteiger partial charge on any atom is -0.463 e. The van der Waals surface area contributed by atoms with Crippen molar-refractivity contribution in [1.29, 1.82) is 0 Å². The van der Waals surface area contributed by atoms with Gasteiger partial charge in [0.15, 0.2) is 0 Å². The van der Waals surface area contributed by atoms with Gasteiger partial charge in [-0.15, -0.1) is 0 Å². The van der Waals surface area contributed by atoms with Crippen LogP contribution in [0.25, 0.3) is 11.1 Å². The number of nitrogens with zero attached hydrogens (tertiary/aromatic N) is 2. The summed E-state index contributed by atoms with van der Waals surface area (Å²) in [4.78, 5) is 39.2. The predicted octanol–water partition coefficient (Wildman–Crippen LogP) is 4.21. The predicted molar refractivity (Wildman–Crippen MR) is 145 cm³/mol. The largest absolute Gasteiger partial charge is 0.463 e. The Morgan fingerprint density at radius 1 is 0.919 bits per heavy atom. The minimum absolute atomic E-state index is 0.0790. The van der Waals surface area contributed by atoms with Crippen LogP contribution < -0.4 is 11.2 Å². The number of thioether (sulfide) groups is 1. The van der Waals surface area contributed by atoms with E-state index in [-0.39, 0.29) is 32.2 Å². The van der Waals surface area contributed by atoms with Crippen LogP contribution in [0.1, 0.15) is 22.6 Å². The van der Waals surface area contributed by atoms with Crippen LogP contribution in [0.5, 0.6) is 0 Å². The molecule has 0 saturated heterocycles. The summed E-state index contributed by atoms with van der Waals surface area (Å²) in [5.41, 5.74) is 13.3. The first-order valence-corrected chi connectivity index (χ1v) is 13.4. The number of carbonyl (C=O) groups is 3. The standard InChI is InChI=1S/C28H30N4O4S/c1-37-16-15-32(27(29)34)30-28(35)31(17-20-9-3-2-4-10-20)18-26(33)36-19-25-23-13-7-5-11-21(23)22-12-6-8-14-24(22)25/h2-14,25H,15-19H2,1H3,(H2,29,34)(H,30,35). The molecular formula is C28H30N4O4S. The number of amides is 4. The molecule has 3 aromatic rings. The molecule has 37 heavy (non-hydrogen) atoms. The highest BCUT2D eigenvalue weighted by Crippen LogP contribution is 2.44. The smallest absolute Gasteiger partial charge is 0.337 e. The third kappa shape index (κ3) is 6.42. The molecule has 3 aromatic carbocycles. The number of fused-ring (bicyclic) bond motifs is 3. The van der Waals surface area contributed by atoms with Gasteiger partial charge < -0.3 is 15.4 Å². The average Bonchev–Trinajstić information content (AvgIpc) is 3.23. The van der Waals surface area contributed by atoms with E-state index in [0.29, 0.717) is 5.75 Å². The highest BCUT2D eigenvalue weighted by molar-refractivity contribution is 7.98. The molecule has 9 heteroatoms. The quantitative estimate of drug-likeness (QED) is 0.326. The molecule has 0 spiro atoms. The van der Waals surface area contributed by atoms with Crippen LogP contribution in [-0.4, -0.2) is 59.6 Å². The summed E-state index contributed by atoms with van der Waals surface area (Å²) in [5.74, 6) is -0.0267. The summed E-state index contributed by atoms with van der Waals surface area (Å²) in [6, 6.07) is 24.1. The highest BCUT2D eigenvalue weighted by atomic mass is 32.2. The molecule has 0 atom stereocenters. The average molecular weight is 519 g/mol. The Kier molecular flexibility index (Phi) is 8.68. The van der Waals surface area contributed by atoms with Gasteiger partial charge in [-0.1, -0.05) is 78.9 Å². The van der Waals surface area contributed by atoms with Gasteiger partial charge in [0, 0.05) is 18.2 Å². The minimum atomic E-state index is -0.775. The summed E-state index contributed by atoms with van der Waals surface area (Å²) >= 11 is 1.52. The number of hydrogen-bond acceptors (Lipinski definition) is 5. The molecule has 192 valence electrons. The van der Waals surface area contributed by atoms with E-state index in [1.807, 2.05) is 60.9 Å². The lowest BCUT2D eigenvalue weighted by molar-refractivity contribution is -0.144. The molecule has 1 aliphatic carbocycles. The molecule has 1 aliphatic rings. The molecule has 0 fully saturated rings. The number of nitrogens with two attached hydrogens (primary N) is 1. The maximum atomic E-state index is 13.1. The summed E-state index contributed by atoms with van der Waals surface area (Å²) in [6.45, 7) is 0.277. The van der Waals surface area contributed by atoms with Crippen molar-refractivity contribution in [3.05, 3.63) is 95.6 Å². The van der Waals surface area contributed by atoms with E-state index in [0.717, 1.165) is 32.8 Å². The Morgan fingerprint density at radius 2 is 1.51 bits per heavy atom. The van der Waals surface area contributed by atoms with E-state index in [4.69, 9.17) is 10.5 Å². The highest BCUT2D eigenvalue weighted by Gasteiger charge is 2.29. The van der Waals surface area contributed by atoms with Crippen LogP contribution in [-0.2, 0) is 16.1 Å². The Morgan fingerprint density at radius 3 is 2.11 bits per heavy atom. The van der Waals surface area contributed by atoms with Gasteiger partial charge in [0.05, 0.1) is 6.54 Å². The van der Waals surface area contributed by atoms with Gasteiger partial charge >= 0.3 is 18.0 Å². The fourth-order valence-electron chi connectivity index (χ4n) is 4.41. The van der Waals surface area contributed by atoms with Crippen LogP contribution in [0, 0.1) is 0 Å². The van der Waals surface area contributed by atoms with Crippen molar-refractivity contribution in [1.82, 2.24) is 15.3 Å². The summed E-state index contributed by atoms with van der Waals surface area (Å²) in [6.07, 6.45) is 1.89. The van der Waals surface area contributed by atoms with Gasteiger partial charge in [0.2, 0.25) is 0 Å². The Labute approximate surface area is 220 Å². The third-order valence-corrected chi connectivity index (χ3v) is 6.80. The van der Waals surface area contributed by atoms with Crippen LogP contribution in [0.3, 0.4) is 0 Å². The van der Waals surface area contributed by atoms with Crippen molar-refractivity contribution in [3.63, 3.8) is 0 Å². The van der Waals surface area contributed by atoms with Gasteiger partial charge in [-0.05, 0) is 34.1 Å². The molecule has 8 nitrogen and oxygen atoms in total. The molecule has 4 rings (SSSR count). The second-order valence-electron chi connectivity index (χ2n) is 8.65. The summed E-state index contributed by atoms with van der Waals surface area (Å²) in [5, 5.41) is 1.05. The topological polar surface area (TPSA) is 105 Å². The first-order valence-electron chi connectivity index (χ1n) is 12.0. The molecule has 0 aliphatic heterocycles. The number of hydrazine groups is 1. The second kappa shape index (κ2) is 12.3. The number of benzene rings is 3. The van der Waals surface area contributed by atoms with E-state index >= 15 is 0 Å². The number of ether oxygens (including phenoxy) is 1. The van der Waals surface area contributed by atoms with Gasteiger partial charge in [0.25, 0.3) is 0 Å². The number of primary amides is 1. The molecule has 0 aromatic heterocycles. The van der Waals surface area contributed by atoms with Gasteiger partial charge in [-0.2, -0.15) is 11.8 Å². The third-order valence-electron chi connectivity index (χ3n) is 6.21. The first-order chi connectivity index (χ1) is 18.0. The molecule has 0 radical (unpaired) electrons. The number of urea groups is 2. The summed E-state index contributed by atoms with van der Waals surface area (Å²) < 4.78 is 5.71.